The Kier molecular flexibility index (Phi) is 3.27. The Morgan fingerprint density at radius 2 is 2.05 bits per heavy atom. The van der Waals surface area contributed by atoms with Crippen LogP contribution < -0.4 is 10.9 Å². The average molecular weight is 256 g/mol. The summed E-state index contributed by atoms with van der Waals surface area (Å²) in [5.74, 6) is 0.448. The van der Waals surface area contributed by atoms with Crippen molar-refractivity contribution in [1.29, 1.82) is 0 Å². The molecule has 0 atom stereocenters. The van der Waals surface area contributed by atoms with Crippen molar-refractivity contribution in [3.63, 3.8) is 0 Å². The van der Waals surface area contributed by atoms with E-state index in [1.54, 1.807) is 29.4 Å². The Balaban J connectivity index is 1.64. The number of nitrogens with zero attached hydrogens (tertiary/aromatic N) is 3. The van der Waals surface area contributed by atoms with E-state index in [1.807, 2.05) is 12.1 Å². The molecule has 0 saturated heterocycles. The van der Waals surface area contributed by atoms with E-state index < -0.39 is 0 Å². The molecular weight excluding hydrogens is 240 g/mol. The molecular formula is C14H16N4O. The van der Waals surface area contributed by atoms with Crippen LogP contribution >= 0.6 is 0 Å². The van der Waals surface area contributed by atoms with Crippen molar-refractivity contribution in [2.24, 2.45) is 0 Å². The van der Waals surface area contributed by atoms with Crippen LogP contribution in [-0.2, 0) is 6.42 Å². The van der Waals surface area contributed by atoms with E-state index in [4.69, 9.17) is 0 Å². The van der Waals surface area contributed by atoms with Gasteiger partial charge in [0.25, 0.3) is 5.56 Å². The van der Waals surface area contributed by atoms with Crippen molar-refractivity contribution in [1.82, 2.24) is 14.5 Å². The van der Waals surface area contributed by atoms with Crippen LogP contribution in [-0.4, -0.2) is 21.1 Å². The van der Waals surface area contributed by atoms with Gasteiger partial charge in [-0.1, -0.05) is 0 Å². The lowest BCUT2D eigenvalue weighted by atomic mass is 10.2. The second-order valence-electron chi connectivity index (χ2n) is 4.75. The van der Waals surface area contributed by atoms with Crippen molar-refractivity contribution in [2.45, 2.75) is 25.3 Å². The van der Waals surface area contributed by atoms with E-state index in [0.717, 1.165) is 19.3 Å². The lowest BCUT2D eigenvalue weighted by Crippen LogP contribution is -2.24. The standard InChI is InChI=1S/C14H16N4O/c19-14-13(17-9-10-18(14)12-1-2-12)16-8-5-11-3-6-15-7-4-11/h3-4,6-7,9-10,12H,1-2,5,8H2,(H,16,17). The summed E-state index contributed by atoms with van der Waals surface area (Å²) in [5.41, 5.74) is 1.18. The zero-order valence-corrected chi connectivity index (χ0v) is 10.6. The van der Waals surface area contributed by atoms with Gasteiger partial charge in [0.2, 0.25) is 0 Å². The molecule has 1 aliphatic rings. The van der Waals surface area contributed by atoms with Gasteiger partial charge in [-0.25, -0.2) is 4.98 Å². The average Bonchev–Trinajstić information content (AvgIpc) is 3.26. The van der Waals surface area contributed by atoms with Crippen molar-refractivity contribution in [3.05, 3.63) is 52.8 Å². The van der Waals surface area contributed by atoms with Gasteiger partial charge >= 0.3 is 0 Å². The fourth-order valence-electron chi connectivity index (χ4n) is 2.06. The molecule has 1 saturated carbocycles. The highest BCUT2D eigenvalue weighted by Gasteiger charge is 2.25. The van der Waals surface area contributed by atoms with Gasteiger partial charge in [-0.2, -0.15) is 0 Å². The van der Waals surface area contributed by atoms with E-state index in [2.05, 4.69) is 15.3 Å². The molecule has 0 bridgehead atoms. The Hall–Kier alpha value is -2.17. The van der Waals surface area contributed by atoms with E-state index in [0.29, 0.717) is 18.4 Å². The summed E-state index contributed by atoms with van der Waals surface area (Å²) in [6.07, 6.45) is 10.1. The molecule has 0 aliphatic heterocycles. The van der Waals surface area contributed by atoms with E-state index in [9.17, 15) is 4.79 Å². The molecule has 0 radical (unpaired) electrons. The smallest absolute Gasteiger partial charge is 0.293 e. The van der Waals surface area contributed by atoms with Crippen molar-refractivity contribution in [2.75, 3.05) is 11.9 Å². The summed E-state index contributed by atoms with van der Waals surface area (Å²) in [7, 11) is 0. The second kappa shape index (κ2) is 5.22. The molecule has 1 fully saturated rings. The van der Waals surface area contributed by atoms with Gasteiger partial charge in [-0.3, -0.25) is 9.78 Å². The fraction of sp³-hybridized carbons (Fsp3) is 0.357. The highest BCUT2D eigenvalue weighted by atomic mass is 16.1. The number of hydrogen-bond acceptors (Lipinski definition) is 4. The predicted octanol–water partition coefficient (Wildman–Crippen LogP) is 1.63. The Morgan fingerprint density at radius 3 is 2.79 bits per heavy atom. The van der Waals surface area contributed by atoms with Crippen molar-refractivity contribution in [3.8, 4) is 0 Å². The lowest BCUT2D eigenvalue weighted by molar-refractivity contribution is 0.699. The molecule has 0 unspecified atom stereocenters. The zero-order chi connectivity index (χ0) is 13.1. The van der Waals surface area contributed by atoms with Crippen LogP contribution in [0.2, 0.25) is 0 Å². The SMILES string of the molecule is O=c1c(NCCc2ccncc2)nccn1C1CC1. The first-order valence-corrected chi connectivity index (χ1v) is 6.54. The first-order chi connectivity index (χ1) is 9.34. The van der Waals surface area contributed by atoms with Crippen LogP contribution in [0.4, 0.5) is 5.82 Å². The Morgan fingerprint density at radius 1 is 1.26 bits per heavy atom. The summed E-state index contributed by atoms with van der Waals surface area (Å²) in [6.45, 7) is 0.695. The highest BCUT2D eigenvalue weighted by Crippen LogP contribution is 2.33. The van der Waals surface area contributed by atoms with Gasteiger partial charge in [0, 0.05) is 37.4 Å². The molecule has 1 aliphatic carbocycles. The van der Waals surface area contributed by atoms with Crippen LogP contribution in [0.15, 0.2) is 41.7 Å². The maximum atomic E-state index is 12.1. The summed E-state index contributed by atoms with van der Waals surface area (Å²) in [4.78, 5) is 20.2. The monoisotopic (exact) mass is 256 g/mol. The first-order valence-electron chi connectivity index (χ1n) is 6.54. The number of rotatable bonds is 5. The number of pyridine rings is 1. The van der Waals surface area contributed by atoms with Gasteiger partial charge in [0.15, 0.2) is 5.82 Å². The second-order valence-corrected chi connectivity index (χ2v) is 4.75. The molecule has 2 aromatic rings. The Bertz CT molecular complexity index is 604. The third-order valence-corrected chi connectivity index (χ3v) is 3.26. The first kappa shape index (κ1) is 11.9. The molecule has 3 rings (SSSR count). The topological polar surface area (TPSA) is 59.8 Å². The van der Waals surface area contributed by atoms with E-state index in [1.165, 1.54) is 5.56 Å². The van der Waals surface area contributed by atoms with E-state index >= 15 is 0 Å². The minimum absolute atomic E-state index is 0.0141. The fourth-order valence-corrected chi connectivity index (χ4v) is 2.06. The minimum Gasteiger partial charge on any atom is -0.365 e. The van der Waals surface area contributed by atoms with Crippen LogP contribution in [0.1, 0.15) is 24.4 Å². The molecule has 19 heavy (non-hydrogen) atoms. The summed E-state index contributed by atoms with van der Waals surface area (Å²) < 4.78 is 1.78. The van der Waals surface area contributed by atoms with Gasteiger partial charge < -0.3 is 9.88 Å². The van der Waals surface area contributed by atoms with Crippen LogP contribution in [0.3, 0.4) is 0 Å². The van der Waals surface area contributed by atoms with Gasteiger partial charge in [0.1, 0.15) is 0 Å². The molecule has 0 spiro atoms. The Labute approximate surface area is 111 Å². The number of aromatic nitrogens is 3. The molecule has 2 heterocycles. The summed E-state index contributed by atoms with van der Waals surface area (Å²) >= 11 is 0. The molecule has 0 aromatic carbocycles. The molecule has 0 amide bonds. The quantitative estimate of drug-likeness (QED) is 0.883. The molecule has 5 nitrogen and oxygen atoms in total. The van der Waals surface area contributed by atoms with Crippen molar-refractivity contribution < 1.29 is 0 Å². The molecule has 5 heteroatoms. The minimum atomic E-state index is -0.0141. The predicted molar refractivity (Wildman–Crippen MR) is 73.2 cm³/mol. The largest absolute Gasteiger partial charge is 0.365 e. The normalized spacial score (nSPS) is 14.3. The number of hydrogen-bond donors (Lipinski definition) is 1. The summed E-state index contributed by atoms with van der Waals surface area (Å²) in [6, 6.07) is 4.33. The van der Waals surface area contributed by atoms with Crippen LogP contribution in [0.5, 0.6) is 0 Å². The highest BCUT2D eigenvalue weighted by molar-refractivity contribution is 5.31. The van der Waals surface area contributed by atoms with E-state index in [-0.39, 0.29) is 5.56 Å². The third-order valence-electron chi connectivity index (χ3n) is 3.26. The maximum absolute atomic E-state index is 12.1. The summed E-state index contributed by atoms with van der Waals surface area (Å²) in [5, 5.41) is 3.12. The lowest BCUT2D eigenvalue weighted by Gasteiger charge is -2.08. The number of nitrogens with one attached hydrogen (secondary N) is 1. The molecule has 98 valence electrons. The third kappa shape index (κ3) is 2.81. The van der Waals surface area contributed by atoms with Crippen molar-refractivity contribution >= 4 is 5.82 Å². The maximum Gasteiger partial charge on any atom is 0.293 e. The van der Waals surface area contributed by atoms with Gasteiger partial charge in [-0.15, -0.1) is 0 Å². The van der Waals surface area contributed by atoms with Crippen LogP contribution in [0, 0.1) is 0 Å². The van der Waals surface area contributed by atoms with Gasteiger partial charge in [-0.05, 0) is 37.0 Å². The number of anilines is 1. The molecule has 1 N–H and O–H groups in total. The zero-order valence-electron chi connectivity index (χ0n) is 10.6. The van der Waals surface area contributed by atoms with Gasteiger partial charge in [0.05, 0.1) is 0 Å². The van der Waals surface area contributed by atoms with Crippen LogP contribution in [0.25, 0.3) is 0 Å². The molecule has 2 aromatic heterocycles.